The first-order valence-corrected chi connectivity index (χ1v) is 6.52. The highest BCUT2D eigenvalue weighted by molar-refractivity contribution is 5.89. The van der Waals surface area contributed by atoms with Crippen molar-refractivity contribution in [3.05, 3.63) is 59.2 Å². The molecule has 2 N–H and O–H groups in total. The van der Waals surface area contributed by atoms with Crippen LogP contribution in [0.5, 0.6) is 0 Å². The molecule has 0 radical (unpaired) electrons. The minimum Gasteiger partial charge on any atom is -0.379 e. The minimum absolute atomic E-state index is 0.229. The molecule has 0 aliphatic carbocycles. The van der Waals surface area contributed by atoms with E-state index in [0.29, 0.717) is 16.8 Å². The van der Waals surface area contributed by atoms with Gasteiger partial charge in [-0.15, -0.1) is 0 Å². The average molecular weight is 290 g/mol. The lowest BCUT2D eigenvalue weighted by Crippen LogP contribution is -2.07. The smallest absolute Gasteiger partial charge is 0.221 e. The predicted octanol–water partition coefficient (Wildman–Crippen LogP) is 3.84. The Morgan fingerprint density at radius 1 is 1.10 bits per heavy atom. The fourth-order valence-corrected chi connectivity index (χ4v) is 1.89. The van der Waals surface area contributed by atoms with Crippen molar-refractivity contribution in [1.82, 2.24) is 0 Å². The monoisotopic (exact) mass is 290 g/mol. The van der Waals surface area contributed by atoms with Gasteiger partial charge in [-0.05, 0) is 42.3 Å². The summed E-state index contributed by atoms with van der Waals surface area (Å²) < 4.78 is 27.1. The van der Waals surface area contributed by atoms with Gasteiger partial charge in [0.05, 0.1) is 5.69 Å². The van der Waals surface area contributed by atoms with Crippen LogP contribution in [0.4, 0.5) is 20.2 Å². The van der Waals surface area contributed by atoms with Crippen molar-refractivity contribution in [3.8, 4) is 0 Å². The van der Waals surface area contributed by atoms with E-state index in [9.17, 15) is 13.6 Å². The number of nitrogens with one attached hydrogen (secondary N) is 2. The Balaban J connectivity index is 2.11. The van der Waals surface area contributed by atoms with Crippen LogP contribution in [0.3, 0.4) is 0 Å². The van der Waals surface area contributed by atoms with Crippen molar-refractivity contribution in [2.45, 2.75) is 20.4 Å². The molecule has 2 rings (SSSR count). The molecule has 0 aromatic heterocycles. The van der Waals surface area contributed by atoms with Gasteiger partial charge in [0.1, 0.15) is 11.6 Å². The zero-order chi connectivity index (χ0) is 15.4. The summed E-state index contributed by atoms with van der Waals surface area (Å²) in [4.78, 5) is 11.0. The molecule has 1 amide bonds. The average Bonchev–Trinajstić information content (AvgIpc) is 2.42. The largest absolute Gasteiger partial charge is 0.379 e. The third-order valence-corrected chi connectivity index (χ3v) is 3.01. The summed E-state index contributed by atoms with van der Waals surface area (Å²) in [7, 11) is 0. The Hall–Kier alpha value is -2.43. The number of hydrogen-bond donors (Lipinski definition) is 2. The van der Waals surface area contributed by atoms with E-state index >= 15 is 0 Å². The number of aryl methyl sites for hydroxylation is 1. The summed E-state index contributed by atoms with van der Waals surface area (Å²) in [6.45, 7) is 3.35. The van der Waals surface area contributed by atoms with E-state index in [4.69, 9.17) is 0 Å². The topological polar surface area (TPSA) is 41.1 Å². The van der Waals surface area contributed by atoms with Gasteiger partial charge in [-0.3, -0.25) is 4.79 Å². The number of carbonyl (C=O) groups excluding carboxylic acids is 1. The molecule has 0 spiro atoms. The molecular weight excluding hydrogens is 274 g/mol. The molecule has 0 aliphatic rings. The molecule has 0 heterocycles. The quantitative estimate of drug-likeness (QED) is 0.898. The van der Waals surface area contributed by atoms with Gasteiger partial charge in [-0.25, -0.2) is 8.78 Å². The van der Waals surface area contributed by atoms with E-state index in [-0.39, 0.29) is 24.0 Å². The predicted molar refractivity (Wildman–Crippen MR) is 79.2 cm³/mol. The molecule has 0 bridgehead atoms. The fraction of sp³-hybridized carbons (Fsp3) is 0.188. The maximum atomic E-state index is 13.7. The van der Waals surface area contributed by atoms with Crippen LogP contribution in [-0.2, 0) is 11.3 Å². The first kappa shape index (κ1) is 15.0. The summed E-state index contributed by atoms with van der Waals surface area (Å²) >= 11 is 0. The van der Waals surface area contributed by atoms with E-state index in [1.54, 1.807) is 19.1 Å². The van der Waals surface area contributed by atoms with Crippen molar-refractivity contribution in [2.24, 2.45) is 0 Å². The van der Waals surface area contributed by atoms with Gasteiger partial charge in [0.15, 0.2) is 0 Å². The minimum atomic E-state index is -0.434. The molecule has 5 heteroatoms. The summed E-state index contributed by atoms with van der Waals surface area (Å²) in [6.07, 6.45) is 0. The first-order chi connectivity index (χ1) is 9.95. The van der Waals surface area contributed by atoms with Gasteiger partial charge in [0.2, 0.25) is 5.91 Å². The first-order valence-electron chi connectivity index (χ1n) is 6.52. The second kappa shape index (κ2) is 6.35. The lowest BCUT2D eigenvalue weighted by molar-refractivity contribution is -0.114. The van der Waals surface area contributed by atoms with Gasteiger partial charge in [0, 0.05) is 19.2 Å². The highest BCUT2D eigenvalue weighted by Crippen LogP contribution is 2.20. The van der Waals surface area contributed by atoms with E-state index in [1.807, 2.05) is 0 Å². The summed E-state index contributed by atoms with van der Waals surface area (Å²) in [5.41, 5.74) is 2.03. The second-order valence-electron chi connectivity index (χ2n) is 4.81. The van der Waals surface area contributed by atoms with Crippen molar-refractivity contribution < 1.29 is 13.6 Å². The van der Waals surface area contributed by atoms with E-state index in [2.05, 4.69) is 10.6 Å². The van der Waals surface area contributed by atoms with Crippen LogP contribution >= 0.6 is 0 Å². The van der Waals surface area contributed by atoms with Crippen LogP contribution in [0.2, 0.25) is 0 Å². The summed E-state index contributed by atoms with van der Waals surface area (Å²) in [6, 6.07) is 9.12. The van der Waals surface area contributed by atoms with Crippen LogP contribution in [0.1, 0.15) is 18.1 Å². The zero-order valence-corrected chi connectivity index (χ0v) is 11.8. The molecule has 2 aromatic rings. The van der Waals surface area contributed by atoms with Crippen molar-refractivity contribution in [3.63, 3.8) is 0 Å². The molecule has 0 saturated heterocycles. The lowest BCUT2D eigenvalue weighted by Gasteiger charge is -2.10. The molecule has 2 aromatic carbocycles. The molecule has 21 heavy (non-hydrogen) atoms. The number of carbonyl (C=O) groups is 1. The molecule has 0 aliphatic heterocycles. The van der Waals surface area contributed by atoms with Gasteiger partial charge < -0.3 is 10.6 Å². The Morgan fingerprint density at radius 3 is 2.52 bits per heavy atom. The van der Waals surface area contributed by atoms with Crippen LogP contribution < -0.4 is 10.6 Å². The van der Waals surface area contributed by atoms with E-state index < -0.39 is 5.82 Å². The lowest BCUT2D eigenvalue weighted by atomic mass is 10.1. The third-order valence-electron chi connectivity index (χ3n) is 3.01. The van der Waals surface area contributed by atoms with Gasteiger partial charge in [0.25, 0.3) is 0 Å². The highest BCUT2D eigenvalue weighted by atomic mass is 19.1. The van der Waals surface area contributed by atoms with Crippen molar-refractivity contribution in [1.29, 1.82) is 0 Å². The third kappa shape index (κ3) is 4.02. The molecular formula is C16H16F2N2O. The van der Waals surface area contributed by atoms with Gasteiger partial charge in [-0.2, -0.15) is 0 Å². The number of halogens is 2. The highest BCUT2D eigenvalue weighted by Gasteiger charge is 2.05. The van der Waals surface area contributed by atoms with Crippen molar-refractivity contribution in [2.75, 3.05) is 10.6 Å². The second-order valence-corrected chi connectivity index (χ2v) is 4.81. The molecule has 0 unspecified atom stereocenters. The van der Waals surface area contributed by atoms with Crippen LogP contribution in [0.15, 0.2) is 36.4 Å². The molecule has 3 nitrogen and oxygen atoms in total. The number of amides is 1. The van der Waals surface area contributed by atoms with Crippen LogP contribution in [0.25, 0.3) is 0 Å². The Labute approximate surface area is 122 Å². The summed E-state index contributed by atoms with van der Waals surface area (Å²) in [5, 5.41) is 5.48. The Kier molecular flexibility index (Phi) is 4.52. The van der Waals surface area contributed by atoms with Gasteiger partial charge >= 0.3 is 0 Å². The standard InChI is InChI=1S/C16H16F2N2O/c1-10-3-4-12(7-15(10)18)9-19-16-8-13(20-11(2)21)5-6-14(16)17/h3-8,19H,9H2,1-2H3,(H,20,21). The summed E-state index contributed by atoms with van der Waals surface area (Å²) in [5.74, 6) is -0.952. The maximum absolute atomic E-state index is 13.7. The Morgan fingerprint density at radius 2 is 1.86 bits per heavy atom. The van der Waals surface area contributed by atoms with Crippen molar-refractivity contribution >= 4 is 17.3 Å². The molecule has 0 saturated carbocycles. The normalized spacial score (nSPS) is 10.3. The van der Waals surface area contributed by atoms with E-state index in [1.165, 1.54) is 31.2 Å². The number of hydrogen-bond acceptors (Lipinski definition) is 2. The number of benzene rings is 2. The zero-order valence-electron chi connectivity index (χ0n) is 11.8. The molecule has 110 valence electrons. The van der Waals surface area contributed by atoms with Crippen LogP contribution in [-0.4, -0.2) is 5.91 Å². The molecule has 0 fully saturated rings. The maximum Gasteiger partial charge on any atom is 0.221 e. The van der Waals surface area contributed by atoms with Gasteiger partial charge in [-0.1, -0.05) is 12.1 Å². The SMILES string of the molecule is CC(=O)Nc1ccc(F)c(NCc2ccc(C)c(F)c2)c1. The Bertz CT molecular complexity index is 671. The fourth-order valence-electron chi connectivity index (χ4n) is 1.89. The van der Waals surface area contributed by atoms with Crippen LogP contribution in [0, 0.1) is 18.6 Å². The number of rotatable bonds is 4. The molecule has 0 atom stereocenters. The van der Waals surface area contributed by atoms with E-state index in [0.717, 1.165) is 0 Å². The number of anilines is 2.